The van der Waals surface area contributed by atoms with Crippen LogP contribution in [0.1, 0.15) is 42.1 Å². The van der Waals surface area contributed by atoms with Crippen molar-refractivity contribution >= 4 is 5.91 Å². The molecular formula is C18H26N2O3. The molecule has 1 aliphatic heterocycles. The maximum Gasteiger partial charge on any atom is 0.253 e. The van der Waals surface area contributed by atoms with E-state index in [-0.39, 0.29) is 23.5 Å². The number of amides is 1. The van der Waals surface area contributed by atoms with Gasteiger partial charge in [-0.25, -0.2) is 0 Å². The highest BCUT2D eigenvalue weighted by Gasteiger charge is 2.56. The van der Waals surface area contributed by atoms with Gasteiger partial charge in [-0.3, -0.25) is 4.79 Å². The fourth-order valence-electron chi connectivity index (χ4n) is 3.91. The quantitative estimate of drug-likeness (QED) is 0.883. The van der Waals surface area contributed by atoms with Crippen LogP contribution in [0, 0.1) is 5.41 Å². The van der Waals surface area contributed by atoms with Gasteiger partial charge >= 0.3 is 0 Å². The number of ether oxygens (including phenoxy) is 1. The van der Waals surface area contributed by atoms with E-state index in [9.17, 15) is 9.90 Å². The number of hydrogen-bond donors (Lipinski definition) is 2. The second kappa shape index (κ2) is 6.59. The van der Waals surface area contributed by atoms with Crippen molar-refractivity contribution in [1.82, 2.24) is 4.90 Å². The van der Waals surface area contributed by atoms with Crippen LogP contribution >= 0.6 is 0 Å². The summed E-state index contributed by atoms with van der Waals surface area (Å²) in [6.45, 7) is 4.50. The molecule has 5 heteroatoms. The minimum Gasteiger partial charge on any atom is -0.392 e. The second-order valence-electron chi connectivity index (χ2n) is 6.62. The normalized spacial score (nSPS) is 26.1. The largest absolute Gasteiger partial charge is 0.392 e. The van der Waals surface area contributed by atoms with Crippen LogP contribution in [0.2, 0.25) is 0 Å². The zero-order chi connectivity index (χ0) is 16.4. The minimum atomic E-state index is -0.292. The van der Waals surface area contributed by atoms with Gasteiger partial charge in [0.2, 0.25) is 0 Å². The van der Waals surface area contributed by atoms with Crippen molar-refractivity contribution in [3.8, 4) is 0 Å². The Hall–Kier alpha value is -1.43. The first-order valence-corrected chi connectivity index (χ1v) is 8.48. The van der Waals surface area contributed by atoms with Crippen molar-refractivity contribution in [2.24, 2.45) is 11.1 Å². The van der Waals surface area contributed by atoms with Crippen molar-refractivity contribution in [2.75, 3.05) is 19.7 Å². The molecule has 1 saturated carbocycles. The highest BCUT2D eigenvalue weighted by Crippen LogP contribution is 2.51. The lowest BCUT2D eigenvalue weighted by Crippen LogP contribution is -2.62. The van der Waals surface area contributed by atoms with E-state index in [0.717, 1.165) is 24.8 Å². The van der Waals surface area contributed by atoms with Gasteiger partial charge in [0.15, 0.2) is 0 Å². The number of likely N-dealkylation sites (tertiary alicyclic amines) is 1. The molecule has 5 nitrogen and oxygen atoms in total. The van der Waals surface area contributed by atoms with Gasteiger partial charge in [0.1, 0.15) is 0 Å². The third kappa shape index (κ3) is 2.89. The first-order valence-electron chi connectivity index (χ1n) is 8.48. The number of rotatable bonds is 4. The van der Waals surface area contributed by atoms with Gasteiger partial charge in [0, 0.05) is 43.6 Å². The number of aliphatic hydroxyl groups excluding tert-OH is 1. The maximum absolute atomic E-state index is 12.6. The Labute approximate surface area is 137 Å². The van der Waals surface area contributed by atoms with Gasteiger partial charge in [-0.2, -0.15) is 0 Å². The molecule has 0 unspecified atom stereocenters. The van der Waals surface area contributed by atoms with E-state index < -0.39 is 0 Å². The highest BCUT2D eigenvalue weighted by molar-refractivity contribution is 5.94. The average Bonchev–Trinajstić information content (AvgIpc) is 2.61. The molecule has 3 N–H and O–H groups in total. The summed E-state index contributed by atoms with van der Waals surface area (Å²) in [7, 11) is 0. The molecule has 2 atom stereocenters. The van der Waals surface area contributed by atoms with E-state index in [4.69, 9.17) is 10.5 Å². The third-order valence-electron chi connectivity index (χ3n) is 5.53. The fraction of sp³-hybridized carbons (Fsp3) is 0.611. The lowest BCUT2D eigenvalue weighted by Gasteiger charge is -2.56. The van der Waals surface area contributed by atoms with Gasteiger partial charge in [-0.1, -0.05) is 12.1 Å². The van der Waals surface area contributed by atoms with Gasteiger partial charge in [0.05, 0.1) is 12.2 Å². The number of carbonyl (C=O) groups is 1. The molecular weight excluding hydrogens is 292 g/mol. The molecule has 3 rings (SSSR count). The topological polar surface area (TPSA) is 75.8 Å². The molecule has 1 amide bonds. The number of nitrogens with two attached hydrogens (primary N) is 1. The van der Waals surface area contributed by atoms with Crippen molar-refractivity contribution in [3.05, 3.63) is 35.4 Å². The Kier molecular flexibility index (Phi) is 4.71. The third-order valence-corrected chi connectivity index (χ3v) is 5.53. The van der Waals surface area contributed by atoms with Gasteiger partial charge in [0.25, 0.3) is 5.91 Å². The smallest absolute Gasteiger partial charge is 0.253 e. The molecule has 1 heterocycles. The number of aliphatic hydroxyl groups is 1. The molecule has 1 spiro atoms. The van der Waals surface area contributed by atoms with E-state index in [1.165, 1.54) is 0 Å². The van der Waals surface area contributed by atoms with Crippen molar-refractivity contribution in [2.45, 2.75) is 44.9 Å². The number of nitrogens with zero attached hydrogens (tertiary/aromatic N) is 1. The van der Waals surface area contributed by atoms with E-state index in [0.29, 0.717) is 31.8 Å². The van der Waals surface area contributed by atoms with Crippen LogP contribution in [0.25, 0.3) is 0 Å². The van der Waals surface area contributed by atoms with Gasteiger partial charge < -0.3 is 20.5 Å². The maximum atomic E-state index is 12.6. The summed E-state index contributed by atoms with van der Waals surface area (Å²) in [6, 6.07) is 7.49. The first kappa shape index (κ1) is 16.4. The molecule has 0 bridgehead atoms. The highest BCUT2D eigenvalue weighted by atomic mass is 16.5. The van der Waals surface area contributed by atoms with E-state index in [2.05, 4.69) is 0 Å². The molecule has 0 radical (unpaired) electrons. The summed E-state index contributed by atoms with van der Waals surface area (Å²) in [5.74, 6) is 0.0604. The number of piperidine rings is 1. The Morgan fingerprint density at radius 3 is 2.52 bits per heavy atom. The van der Waals surface area contributed by atoms with Crippen molar-refractivity contribution in [3.63, 3.8) is 0 Å². The fourth-order valence-corrected chi connectivity index (χ4v) is 3.91. The zero-order valence-electron chi connectivity index (χ0n) is 13.7. The number of benzene rings is 1. The monoisotopic (exact) mass is 318 g/mol. The molecule has 1 aliphatic carbocycles. The van der Waals surface area contributed by atoms with Gasteiger partial charge in [-0.15, -0.1) is 0 Å². The van der Waals surface area contributed by atoms with Crippen LogP contribution in [-0.4, -0.2) is 47.8 Å². The van der Waals surface area contributed by atoms with Crippen LogP contribution in [0.4, 0.5) is 0 Å². The van der Waals surface area contributed by atoms with Crippen molar-refractivity contribution < 1.29 is 14.6 Å². The summed E-state index contributed by atoms with van der Waals surface area (Å²) in [4.78, 5) is 14.5. The SMILES string of the molecule is CCO[C@@H]1C[C@@H](O)C12CCN(C(=O)c1ccc(CN)cc1)CC2. The second-order valence-corrected chi connectivity index (χ2v) is 6.62. The lowest BCUT2D eigenvalue weighted by molar-refractivity contribution is -0.207. The molecule has 2 fully saturated rings. The Morgan fingerprint density at radius 1 is 1.35 bits per heavy atom. The molecule has 2 aliphatic rings. The standard InChI is InChI=1S/C18H26N2O3/c1-2-23-16-11-15(21)18(16)7-9-20(10-8-18)17(22)14-5-3-13(12-19)4-6-14/h3-6,15-16,21H,2,7-12,19H2,1H3/t15-,16-/m1/s1. The number of hydrogen-bond acceptors (Lipinski definition) is 4. The van der Waals surface area contributed by atoms with Crippen molar-refractivity contribution in [1.29, 1.82) is 0 Å². The summed E-state index contributed by atoms with van der Waals surface area (Å²) in [5, 5.41) is 10.2. The Bertz CT molecular complexity index is 548. The van der Waals surface area contributed by atoms with Crippen LogP contribution in [-0.2, 0) is 11.3 Å². The zero-order valence-corrected chi connectivity index (χ0v) is 13.7. The Morgan fingerprint density at radius 2 is 2.00 bits per heavy atom. The van der Waals surface area contributed by atoms with Crippen LogP contribution in [0.3, 0.4) is 0 Å². The summed E-state index contributed by atoms with van der Waals surface area (Å²) in [6.07, 6.45) is 2.20. The first-order chi connectivity index (χ1) is 11.1. The minimum absolute atomic E-state index is 0.0604. The Balaban J connectivity index is 1.63. The molecule has 126 valence electrons. The van der Waals surface area contributed by atoms with Gasteiger partial charge in [-0.05, 0) is 37.5 Å². The summed E-state index contributed by atoms with van der Waals surface area (Å²) < 4.78 is 5.77. The molecule has 1 aromatic rings. The van der Waals surface area contributed by atoms with Crippen LogP contribution in [0.5, 0.6) is 0 Å². The lowest BCUT2D eigenvalue weighted by atomic mass is 9.58. The van der Waals surface area contributed by atoms with Crippen LogP contribution < -0.4 is 5.73 Å². The number of carbonyl (C=O) groups excluding carboxylic acids is 1. The molecule has 0 aromatic heterocycles. The summed E-state index contributed by atoms with van der Waals surface area (Å²) in [5.41, 5.74) is 7.17. The van der Waals surface area contributed by atoms with E-state index >= 15 is 0 Å². The predicted octanol–water partition coefficient (Wildman–Crippen LogP) is 1.54. The molecule has 1 aromatic carbocycles. The average molecular weight is 318 g/mol. The predicted molar refractivity (Wildman–Crippen MR) is 87.9 cm³/mol. The van der Waals surface area contributed by atoms with Crippen LogP contribution in [0.15, 0.2) is 24.3 Å². The molecule has 1 saturated heterocycles. The van der Waals surface area contributed by atoms with E-state index in [1.54, 1.807) is 0 Å². The van der Waals surface area contributed by atoms with E-state index in [1.807, 2.05) is 36.1 Å². The summed E-state index contributed by atoms with van der Waals surface area (Å²) >= 11 is 0. The molecule has 23 heavy (non-hydrogen) atoms.